The van der Waals surface area contributed by atoms with Crippen molar-refractivity contribution in [1.82, 2.24) is 5.32 Å². The molecule has 0 saturated heterocycles. The summed E-state index contributed by atoms with van der Waals surface area (Å²) in [7, 11) is 0. The maximum Gasteiger partial charge on any atom is 0.269 e. The molecule has 0 aromatic heterocycles. The molecule has 3 N–H and O–H groups in total. The molecule has 0 spiro atoms. The summed E-state index contributed by atoms with van der Waals surface area (Å²) in [5, 5.41) is 16.5. The van der Waals surface area contributed by atoms with Gasteiger partial charge in [0.25, 0.3) is 5.91 Å². The van der Waals surface area contributed by atoms with E-state index in [1.807, 2.05) is 0 Å². The molecular formula is C8H10ClN3O. The summed E-state index contributed by atoms with van der Waals surface area (Å²) in [5.74, 6) is -0.406. The fourth-order valence-electron chi connectivity index (χ4n) is 0.723. The Kier molecular flexibility index (Phi) is 3.19. The van der Waals surface area contributed by atoms with E-state index in [1.165, 1.54) is 12.2 Å². The molecule has 1 saturated carbocycles. The molecule has 0 atom stereocenters. The molecule has 0 aromatic carbocycles. The normalized spacial score (nSPS) is 15.8. The van der Waals surface area contributed by atoms with Gasteiger partial charge in [-0.05, 0) is 25.0 Å². The maximum absolute atomic E-state index is 11.1. The van der Waals surface area contributed by atoms with Gasteiger partial charge in [-0.15, -0.1) is 0 Å². The molecule has 70 valence electrons. The van der Waals surface area contributed by atoms with Crippen LogP contribution >= 0.6 is 11.6 Å². The minimum atomic E-state index is -0.406. The molecule has 4 nitrogen and oxygen atoms in total. The summed E-state index contributed by atoms with van der Waals surface area (Å²) in [6, 6.07) is 0.247. The molecule has 5 heteroatoms. The lowest BCUT2D eigenvalue weighted by atomic mass is 10.3. The van der Waals surface area contributed by atoms with E-state index in [-0.39, 0.29) is 16.9 Å². The Hall–Kier alpha value is -1.16. The predicted octanol–water partition coefficient (Wildman–Crippen LogP) is 1.06. The van der Waals surface area contributed by atoms with Gasteiger partial charge in [0.1, 0.15) is 10.9 Å². The highest BCUT2D eigenvalue weighted by Gasteiger charge is 2.23. The molecule has 0 unspecified atom stereocenters. The van der Waals surface area contributed by atoms with Crippen molar-refractivity contribution in [2.45, 2.75) is 18.9 Å². The third-order valence-electron chi connectivity index (χ3n) is 1.55. The average molecular weight is 200 g/mol. The van der Waals surface area contributed by atoms with E-state index in [4.69, 9.17) is 22.4 Å². The zero-order valence-corrected chi connectivity index (χ0v) is 7.69. The first kappa shape index (κ1) is 9.92. The van der Waals surface area contributed by atoms with E-state index in [0.717, 1.165) is 12.8 Å². The fraction of sp³-hybridized carbons (Fsp3) is 0.375. The first-order valence-corrected chi connectivity index (χ1v) is 4.29. The number of carbonyl (C=O) groups excluding carboxylic acids is 1. The molecule has 0 radical (unpaired) electrons. The quantitative estimate of drug-likeness (QED) is 0.582. The standard InChI is InChI=1S/C8H10ClN3O/c9-7(11)4-3-6(10)8(13)12-5-1-2-5/h3-5,10-11H,1-2H2,(H,12,13)/b4-3-,10-6?,11-7?. The number of halogens is 1. The third-order valence-corrected chi connectivity index (χ3v) is 1.68. The molecule has 1 fully saturated rings. The van der Waals surface area contributed by atoms with Gasteiger partial charge in [-0.2, -0.15) is 0 Å². The van der Waals surface area contributed by atoms with E-state index in [9.17, 15) is 4.79 Å². The van der Waals surface area contributed by atoms with Gasteiger partial charge < -0.3 is 5.32 Å². The van der Waals surface area contributed by atoms with Gasteiger partial charge >= 0.3 is 0 Å². The van der Waals surface area contributed by atoms with Gasteiger partial charge in [-0.25, -0.2) is 0 Å². The lowest BCUT2D eigenvalue weighted by molar-refractivity contribution is -0.114. The number of hydrogen-bond acceptors (Lipinski definition) is 3. The fourth-order valence-corrected chi connectivity index (χ4v) is 0.786. The van der Waals surface area contributed by atoms with Crippen LogP contribution in [0.15, 0.2) is 12.2 Å². The van der Waals surface area contributed by atoms with Crippen molar-refractivity contribution >= 4 is 28.4 Å². The lowest BCUT2D eigenvalue weighted by Crippen LogP contribution is -2.31. The summed E-state index contributed by atoms with van der Waals surface area (Å²) < 4.78 is 0. The molecule has 0 aliphatic heterocycles. The minimum absolute atomic E-state index is 0.169. The van der Waals surface area contributed by atoms with Crippen molar-refractivity contribution < 1.29 is 4.79 Å². The van der Waals surface area contributed by atoms with Gasteiger partial charge in [0, 0.05) is 6.04 Å². The summed E-state index contributed by atoms with van der Waals surface area (Å²) in [4.78, 5) is 11.1. The largest absolute Gasteiger partial charge is 0.348 e. The molecule has 0 heterocycles. The van der Waals surface area contributed by atoms with Crippen LogP contribution in [0.25, 0.3) is 0 Å². The first-order chi connectivity index (χ1) is 6.09. The Labute approximate surface area is 81.0 Å². The number of rotatable bonds is 4. The average Bonchev–Trinajstić information content (AvgIpc) is 2.83. The summed E-state index contributed by atoms with van der Waals surface area (Å²) in [6.07, 6.45) is 4.41. The van der Waals surface area contributed by atoms with Crippen molar-refractivity contribution in [3.8, 4) is 0 Å². The van der Waals surface area contributed by atoms with E-state index in [2.05, 4.69) is 5.32 Å². The predicted molar refractivity (Wildman–Crippen MR) is 51.6 cm³/mol. The van der Waals surface area contributed by atoms with Crippen LogP contribution in [0.3, 0.4) is 0 Å². The van der Waals surface area contributed by atoms with Gasteiger partial charge in [0.15, 0.2) is 0 Å². The summed E-state index contributed by atoms with van der Waals surface area (Å²) >= 11 is 5.21. The summed E-state index contributed by atoms with van der Waals surface area (Å²) in [5.41, 5.74) is -0.169. The summed E-state index contributed by atoms with van der Waals surface area (Å²) in [6.45, 7) is 0. The minimum Gasteiger partial charge on any atom is -0.348 e. The van der Waals surface area contributed by atoms with Crippen LogP contribution in [0.4, 0.5) is 0 Å². The van der Waals surface area contributed by atoms with Gasteiger partial charge in [-0.1, -0.05) is 11.6 Å². The highest BCUT2D eigenvalue weighted by Crippen LogP contribution is 2.18. The number of nitrogens with one attached hydrogen (secondary N) is 3. The van der Waals surface area contributed by atoms with E-state index < -0.39 is 5.91 Å². The van der Waals surface area contributed by atoms with Crippen LogP contribution in [0.2, 0.25) is 0 Å². The monoisotopic (exact) mass is 199 g/mol. The van der Waals surface area contributed by atoms with Crippen LogP contribution in [0, 0.1) is 10.8 Å². The Morgan fingerprint density at radius 1 is 1.38 bits per heavy atom. The van der Waals surface area contributed by atoms with Crippen LogP contribution in [0.1, 0.15) is 12.8 Å². The highest BCUT2D eigenvalue weighted by molar-refractivity contribution is 6.67. The second-order valence-electron chi connectivity index (χ2n) is 2.84. The van der Waals surface area contributed by atoms with Gasteiger partial charge in [-0.3, -0.25) is 15.6 Å². The van der Waals surface area contributed by atoms with Crippen LogP contribution < -0.4 is 5.32 Å². The molecule has 0 aromatic rings. The van der Waals surface area contributed by atoms with Crippen molar-refractivity contribution in [2.24, 2.45) is 0 Å². The number of allylic oxidation sites excluding steroid dienone is 1. The lowest BCUT2D eigenvalue weighted by Gasteiger charge is -1.99. The zero-order chi connectivity index (χ0) is 9.84. The Morgan fingerprint density at radius 3 is 2.46 bits per heavy atom. The topological polar surface area (TPSA) is 76.8 Å². The number of hydrogen-bond donors (Lipinski definition) is 3. The Morgan fingerprint density at radius 2 is 2.00 bits per heavy atom. The molecule has 0 bridgehead atoms. The van der Waals surface area contributed by atoms with Crippen LogP contribution in [-0.2, 0) is 4.79 Å². The molecular weight excluding hydrogens is 190 g/mol. The Bertz CT molecular complexity index is 281. The maximum atomic E-state index is 11.1. The number of amides is 1. The first-order valence-electron chi connectivity index (χ1n) is 3.91. The van der Waals surface area contributed by atoms with E-state index >= 15 is 0 Å². The van der Waals surface area contributed by atoms with Gasteiger partial charge in [0.2, 0.25) is 0 Å². The van der Waals surface area contributed by atoms with Crippen molar-refractivity contribution in [2.75, 3.05) is 0 Å². The molecule has 1 amide bonds. The van der Waals surface area contributed by atoms with E-state index in [0.29, 0.717) is 0 Å². The number of carbonyl (C=O) groups is 1. The molecule has 1 aliphatic carbocycles. The Balaban J connectivity index is 2.36. The molecule has 1 aliphatic rings. The molecule has 1 rings (SSSR count). The third kappa shape index (κ3) is 3.85. The van der Waals surface area contributed by atoms with Crippen molar-refractivity contribution in [3.05, 3.63) is 12.2 Å². The van der Waals surface area contributed by atoms with Crippen molar-refractivity contribution in [1.29, 1.82) is 10.8 Å². The van der Waals surface area contributed by atoms with Crippen LogP contribution in [-0.4, -0.2) is 22.8 Å². The SMILES string of the molecule is N=C(Cl)/C=C\C(=N)C(=O)NC1CC1. The van der Waals surface area contributed by atoms with Crippen LogP contribution in [0.5, 0.6) is 0 Å². The second kappa shape index (κ2) is 4.18. The van der Waals surface area contributed by atoms with Crippen molar-refractivity contribution in [3.63, 3.8) is 0 Å². The zero-order valence-electron chi connectivity index (χ0n) is 6.93. The second-order valence-corrected chi connectivity index (χ2v) is 3.25. The highest BCUT2D eigenvalue weighted by atomic mass is 35.5. The van der Waals surface area contributed by atoms with E-state index in [1.54, 1.807) is 0 Å². The molecule has 13 heavy (non-hydrogen) atoms. The smallest absolute Gasteiger partial charge is 0.269 e. The van der Waals surface area contributed by atoms with Gasteiger partial charge in [0.05, 0.1) is 0 Å².